The molecule has 1 aliphatic carbocycles. The van der Waals surface area contributed by atoms with Crippen LogP contribution < -0.4 is 4.90 Å². The Morgan fingerprint density at radius 3 is 2.83 bits per heavy atom. The van der Waals surface area contributed by atoms with Gasteiger partial charge in [0.1, 0.15) is 11.5 Å². The summed E-state index contributed by atoms with van der Waals surface area (Å²) in [4.78, 5) is 12.2. The summed E-state index contributed by atoms with van der Waals surface area (Å²) in [5.74, 6) is -0.502. The molecule has 18 heavy (non-hydrogen) atoms. The summed E-state index contributed by atoms with van der Waals surface area (Å²) in [6, 6.07) is 5.63. The molecular formula is C12H12FN3O2. The van der Waals surface area contributed by atoms with Gasteiger partial charge in [-0.2, -0.15) is 5.26 Å². The first-order valence-electron chi connectivity index (χ1n) is 5.71. The van der Waals surface area contributed by atoms with Crippen molar-refractivity contribution in [1.29, 1.82) is 5.26 Å². The van der Waals surface area contributed by atoms with Gasteiger partial charge in [-0.15, -0.1) is 0 Å². The van der Waals surface area contributed by atoms with Crippen molar-refractivity contribution in [1.82, 2.24) is 0 Å². The number of nitriles is 1. The first-order valence-corrected chi connectivity index (χ1v) is 5.71. The second kappa shape index (κ2) is 5.00. The number of hydrogen-bond donors (Lipinski definition) is 0. The Balaban J connectivity index is 2.36. The lowest BCUT2D eigenvalue weighted by Gasteiger charge is -2.23. The zero-order valence-corrected chi connectivity index (χ0v) is 9.67. The molecule has 0 N–H and O–H groups in total. The monoisotopic (exact) mass is 249 g/mol. The summed E-state index contributed by atoms with van der Waals surface area (Å²) >= 11 is 0. The van der Waals surface area contributed by atoms with Crippen LogP contribution in [0.3, 0.4) is 0 Å². The second-order valence-electron chi connectivity index (χ2n) is 4.22. The molecule has 0 saturated heterocycles. The van der Waals surface area contributed by atoms with E-state index in [4.69, 9.17) is 5.26 Å². The SMILES string of the molecule is N#CCCN(c1cc(F)ccc1[N+](=O)[O-])C1CC1. The van der Waals surface area contributed by atoms with Gasteiger partial charge in [0, 0.05) is 24.7 Å². The zero-order chi connectivity index (χ0) is 13.1. The van der Waals surface area contributed by atoms with Crippen LogP contribution in [0.4, 0.5) is 15.8 Å². The molecule has 1 saturated carbocycles. The number of anilines is 1. The third kappa shape index (κ3) is 2.56. The van der Waals surface area contributed by atoms with Crippen molar-refractivity contribution in [3.63, 3.8) is 0 Å². The summed E-state index contributed by atoms with van der Waals surface area (Å²) < 4.78 is 13.3. The van der Waals surface area contributed by atoms with E-state index in [1.165, 1.54) is 12.1 Å². The highest BCUT2D eigenvalue weighted by atomic mass is 19.1. The van der Waals surface area contributed by atoms with Crippen molar-refractivity contribution in [2.24, 2.45) is 0 Å². The fourth-order valence-electron chi connectivity index (χ4n) is 1.94. The maximum Gasteiger partial charge on any atom is 0.292 e. The number of benzene rings is 1. The van der Waals surface area contributed by atoms with Crippen LogP contribution in [0.25, 0.3) is 0 Å². The number of nitro benzene ring substituents is 1. The Morgan fingerprint density at radius 1 is 1.56 bits per heavy atom. The van der Waals surface area contributed by atoms with Crippen molar-refractivity contribution in [2.75, 3.05) is 11.4 Å². The van der Waals surface area contributed by atoms with Crippen LogP contribution in [0.2, 0.25) is 0 Å². The van der Waals surface area contributed by atoms with Gasteiger partial charge >= 0.3 is 0 Å². The van der Waals surface area contributed by atoms with Crippen molar-refractivity contribution in [2.45, 2.75) is 25.3 Å². The Labute approximate surface area is 104 Å². The molecule has 0 unspecified atom stereocenters. The highest BCUT2D eigenvalue weighted by Gasteiger charge is 2.32. The highest BCUT2D eigenvalue weighted by molar-refractivity contribution is 5.64. The van der Waals surface area contributed by atoms with Crippen LogP contribution in [0.1, 0.15) is 19.3 Å². The van der Waals surface area contributed by atoms with Crippen molar-refractivity contribution < 1.29 is 9.31 Å². The van der Waals surface area contributed by atoms with Gasteiger partial charge in [-0.25, -0.2) is 4.39 Å². The van der Waals surface area contributed by atoms with E-state index in [2.05, 4.69) is 0 Å². The van der Waals surface area contributed by atoms with Gasteiger partial charge in [0.15, 0.2) is 0 Å². The van der Waals surface area contributed by atoms with E-state index in [1.54, 1.807) is 4.90 Å². The van der Waals surface area contributed by atoms with Crippen LogP contribution in [0.5, 0.6) is 0 Å². The molecule has 0 bridgehead atoms. The molecule has 0 spiro atoms. The Hall–Kier alpha value is -2.16. The topological polar surface area (TPSA) is 70.2 Å². The fourth-order valence-corrected chi connectivity index (χ4v) is 1.94. The van der Waals surface area contributed by atoms with E-state index in [-0.39, 0.29) is 23.8 Å². The molecule has 2 rings (SSSR count). The summed E-state index contributed by atoms with van der Waals surface area (Å²) in [5, 5.41) is 19.6. The van der Waals surface area contributed by atoms with Gasteiger partial charge in [0.2, 0.25) is 0 Å². The number of rotatable bonds is 5. The molecule has 5 nitrogen and oxygen atoms in total. The lowest BCUT2D eigenvalue weighted by Crippen LogP contribution is -2.27. The number of nitro groups is 1. The molecule has 0 amide bonds. The molecule has 0 radical (unpaired) electrons. The van der Waals surface area contributed by atoms with Gasteiger partial charge in [-0.1, -0.05) is 0 Å². The van der Waals surface area contributed by atoms with E-state index >= 15 is 0 Å². The number of nitrogens with zero attached hydrogens (tertiary/aromatic N) is 3. The minimum Gasteiger partial charge on any atom is -0.362 e. The first kappa shape index (κ1) is 12.3. The molecule has 0 atom stereocenters. The lowest BCUT2D eigenvalue weighted by atomic mass is 10.2. The number of halogens is 1. The zero-order valence-electron chi connectivity index (χ0n) is 9.67. The molecule has 1 aromatic rings. The summed E-state index contributed by atoms with van der Waals surface area (Å²) in [7, 11) is 0. The molecular weight excluding hydrogens is 237 g/mol. The Kier molecular flexibility index (Phi) is 3.42. The van der Waals surface area contributed by atoms with Gasteiger partial charge in [-0.3, -0.25) is 10.1 Å². The van der Waals surface area contributed by atoms with Gasteiger partial charge < -0.3 is 4.90 Å². The molecule has 94 valence electrons. The molecule has 1 fully saturated rings. The normalized spacial score (nSPS) is 14.0. The third-order valence-electron chi connectivity index (χ3n) is 2.90. The van der Waals surface area contributed by atoms with Gasteiger partial charge in [0.05, 0.1) is 17.4 Å². The molecule has 6 heteroatoms. The predicted molar refractivity (Wildman–Crippen MR) is 63.7 cm³/mol. The Morgan fingerprint density at radius 2 is 2.28 bits per heavy atom. The minimum absolute atomic E-state index is 0.110. The molecule has 0 aliphatic heterocycles. The van der Waals surface area contributed by atoms with Gasteiger partial charge in [-0.05, 0) is 18.9 Å². The second-order valence-corrected chi connectivity index (χ2v) is 4.22. The van der Waals surface area contributed by atoms with E-state index in [0.717, 1.165) is 18.9 Å². The standard InChI is InChI=1S/C12H12FN3O2/c13-9-2-5-11(16(17)18)12(8-9)15(7-1-6-14)10-3-4-10/h2,5,8,10H,1,3-4,7H2. The van der Waals surface area contributed by atoms with Crippen LogP contribution in [-0.2, 0) is 0 Å². The predicted octanol–water partition coefficient (Wildman–Crippen LogP) is 2.62. The first-order chi connectivity index (χ1) is 8.63. The maximum absolute atomic E-state index is 13.3. The number of hydrogen-bond acceptors (Lipinski definition) is 4. The van der Waals surface area contributed by atoms with Crippen LogP contribution in [0.15, 0.2) is 18.2 Å². The summed E-state index contributed by atoms with van der Waals surface area (Å²) in [6.07, 6.45) is 2.13. The van der Waals surface area contributed by atoms with Gasteiger partial charge in [0.25, 0.3) is 5.69 Å². The van der Waals surface area contributed by atoms with Crippen LogP contribution in [-0.4, -0.2) is 17.5 Å². The smallest absolute Gasteiger partial charge is 0.292 e. The third-order valence-corrected chi connectivity index (χ3v) is 2.90. The molecule has 1 aliphatic rings. The largest absolute Gasteiger partial charge is 0.362 e. The van der Waals surface area contributed by atoms with E-state index in [0.29, 0.717) is 6.54 Å². The molecule has 1 aromatic carbocycles. The summed E-state index contributed by atoms with van der Waals surface area (Å²) in [5.41, 5.74) is 0.166. The quantitative estimate of drug-likeness (QED) is 0.594. The van der Waals surface area contributed by atoms with Crippen LogP contribution in [0, 0.1) is 27.3 Å². The molecule has 0 heterocycles. The minimum atomic E-state index is -0.517. The Bertz CT molecular complexity index is 509. The van der Waals surface area contributed by atoms with E-state index < -0.39 is 10.7 Å². The average molecular weight is 249 g/mol. The van der Waals surface area contributed by atoms with Crippen molar-refractivity contribution in [3.8, 4) is 6.07 Å². The maximum atomic E-state index is 13.3. The lowest BCUT2D eigenvalue weighted by molar-refractivity contribution is -0.384. The fraction of sp³-hybridized carbons (Fsp3) is 0.417. The van der Waals surface area contributed by atoms with E-state index in [1.807, 2.05) is 6.07 Å². The highest BCUT2D eigenvalue weighted by Crippen LogP contribution is 2.37. The summed E-state index contributed by atoms with van der Waals surface area (Å²) in [6.45, 7) is 0.394. The molecule has 0 aromatic heterocycles. The van der Waals surface area contributed by atoms with Crippen molar-refractivity contribution >= 4 is 11.4 Å². The van der Waals surface area contributed by atoms with Crippen molar-refractivity contribution in [3.05, 3.63) is 34.1 Å². The van der Waals surface area contributed by atoms with E-state index in [9.17, 15) is 14.5 Å². The average Bonchev–Trinajstić information content (AvgIpc) is 3.13. The van der Waals surface area contributed by atoms with Crippen LogP contribution >= 0.6 is 0 Å².